The number of carbonyl (C=O) groups is 1. The molecule has 0 fully saturated rings. The summed E-state index contributed by atoms with van der Waals surface area (Å²) >= 11 is 1.82. The number of fused-ring (bicyclic) bond motifs is 1. The molecule has 1 amide bonds. The van der Waals surface area contributed by atoms with Gasteiger partial charge in [0.1, 0.15) is 0 Å². The lowest BCUT2D eigenvalue weighted by molar-refractivity contribution is -0.117. The smallest absolute Gasteiger partial charge is 0.238 e. The highest BCUT2D eigenvalue weighted by Gasteiger charge is 2.30. The molecule has 1 aliphatic heterocycles. The fourth-order valence-electron chi connectivity index (χ4n) is 3.59. The van der Waals surface area contributed by atoms with E-state index in [0.717, 1.165) is 18.7 Å². The van der Waals surface area contributed by atoms with Crippen LogP contribution in [-0.2, 0) is 11.2 Å². The zero-order valence-electron chi connectivity index (χ0n) is 14.8. The van der Waals surface area contributed by atoms with E-state index in [1.807, 2.05) is 48.6 Å². The van der Waals surface area contributed by atoms with Crippen molar-refractivity contribution in [3.8, 4) is 0 Å². The lowest BCUT2D eigenvalue weighted by Gasteiger charge is -2.35. The predicted octanol–water partition coefficient (Wildman–Crippen LogP) is 4.64. The third-order valence-corrected chi connectivity index (χ3v) is 5.86. The number of aryl methyl sites for hydroxylation is 1. The van der Waals surface area contributed by atoms with E-state index in [0.29, 0.717) is 6.54 Å². The number of benzene rings is 2. The van der Waals surface area contributed by atoms with Crippen LogP contribution in [-0.4, -0.2) is 23.9 Å². The van der Waals surface area contributed by atoms with Gasteiger partial charge in [0.25, 0.3) is 0 Å². The Bertz CT molecular complexity index is 886. The van der Waals surface area contributed by atoms with Crippen molar-refractivity contribution in [2.45, 2.75) is 19.4 Å². The molecule has 0 saturated carbocycles. The van der Waals surface area contributed by atoms with E-state index in [2.05, 4.69) is 45.9 Å². The second-order valence-electron chi connectivity index (χ2n) is 6.75. The third kappa shape index (κ3) is 3.57. The molecule has 2 heterocycles. The van der Waals surface area contributed by atoms with Crippen molar-refractivity contribution in [3.63, 3.8) is 0 Å². The normalized spacial score (nSPS) is 16.9. The van der Waals surface area contributed by atoms with Gasteiger partial charge in [0.05, 0.1) is 12.6 Å². The second-order valence-corrected chi connectivity index (χ2v) is 7.75. The van der Waals surface area contributed by atoms with Crippen LogP contribution >= 0.6 is 11.3 Å². The lowest BCUT2D eigenvalue weighted by Crippen LogP contribution is -2.40. The molecule has 1 aromatic heterocycles. The first-order valence-electron chi connectivity index (χ1n) is 8.92. The maximum atomic E-state index is 12.6. The Balaban J connectivity index is 1.54. The van der Waals surface area contributed by atoms with E-state index in [4.69, 9.17) is 0 Å². The molecule has 0 bridgehead atoms. The largest absolute Gasteiger partial charge is 0.325 e. The highest BCUT2D eigenvalue weighted by atomic mass is 32.1. The van der Waals surface area contributed by atoms with E-state index in [-0.39, 0.29) is 11.9 Å². The monoisotopic (exact) mass is 362 g/mol. The molecule has 1 atom stereocenters. The van der Waals surface area contributed by atoms with Gasteiger partial charge in [0.15, 0.2) is 0 Å². The Kier molecular flexibility index (Phi) is 4.87. The van der Waals surface area contributed by atoms with Crippen LogP contribution in [0.2, 0.25) is 0 Å². The van der Waals surface area contributed by atoms with Gasteiger partial charge in [-0.05, 0) is 48.1 Å². The fraction of sp³-hybridized carbons (Fsp3) is 0.227. The first-order valence-corrected chi connectivity index (χ1v) is 9.80. The summed E-state index contributed by atoms with van der Waals surface area (Å²) in [6, 6.07) is 20.8. The molecule has 3 nitrogen and oxygen atoms in total. The zero-order chi connectivity index (χ0) is 17.9. The van der Waals surface area contributed by atoms with Crippen LogP contribution in [0, 0.1) is 6.92 Å². The standard InChI is InChI=1S/C22H22N2OS/c1-16-7-9-18(10-8-16)23-21(25)15-24-13-11-20-19(12-14-26-20)22(24)17-5-3-2-4-6-17/h2-10,12,14,22H,11,13,15H2,1H3,(H,23,25). The summed E-state index contributed by atoms with van der Waals surface area (Å²) in [6.45, 7) is 3.33. The maximum absolute atomic E-state index is 12.6. The topological polar surface area (TPSA) is 32.3 Å². The summed E-state index contributed by atoms with van der Waals surface area (Å²) in [5.74, 6) is 0.0356. The van der Waals surface area contributed by atoms with Crippen LogP contribution in [0.4, 0.5) is 5.69 Å². The number of nitrogens with one attached hydrogen (secondary N) is 1. The number of nitrogens with zero attached hydrogens (tertiary/aromatic N) is 1. The third-order valence-electron chi connectivity index (χ3n) is 4.86. The van der Waals surface area contributed by atoms with Crippen molar-refractivity contribution >= 4 is 22.9 Å². The van der Waals surface area contributed by atoms with E-state index in [9.17, 15) is 4.79 Å². The molecule has 132 valence electrons. The highest BCUT2D eigenvalue weighted by molar-refractivity contribution is 7.10. The summed E-state index contributed by atoms with van der Waals surface area (Å²) in [5, 5.41) is 5.19. The maximum Gasteiger partial charge on any atom is 0.238 e. The van der Waals surface area contributed by atoms with Crippen LogP contribution in [0.25, 0.3) is 0 Å². The van der Waals surface area contributed by atoms with Gasteiger partial charge < -0.3 is 5.32 Å². The van der Waals surface area contributed by atoms with Gasteiger partial charge in [0, 0.05) is 17.1 Å². The lowest BCUT2D eigenvalue weighted by atomic mass is 9.93. The van der Waals surface area contributed by atoms with Gasteiger partial charge in [-0.25, -0.2) is 0 Å². The Hall–Kier alpha value is -2.43. The summed E-state index contributed by atoms with van der Waals surface area (Å²) in [5.41, 5.74) is 4.63. The molecule has 0 saturated heterocycles. The van der Waals surface area contributed by atoms with Crippen molar-refractivity contribution in [2.75, 3.05) is 18.4 Å². The number of amides is 1. The molecule has 26 heavy (non-hydrogen) atoms. The van der Waals surface area contributed by atoms with Crippen LogP contribution in [0.5, 0.6) is 0 Å². The van der Waals surface area contributed by atoms with Crippen molar-refractivity contribution in [2.24, 2.45) is 0 Å². The molecule has 1 N–H and O–H groups in total. The van der Waals surface area contributed by atoms with Crippen LogP contribution in [0.1, 0.15) is 27.6 Å². The summed E-state index contributed by atoms with van der Waals surface area (Å²) in [4.78, 5) is 16.4. The van der Waals surface area contributed by atoms with Gasteiger partial charge in [-0.2, -0.15) is 0 Å². The molecule has 4 heteroatoms. The van der Waals surface area contributed by atoms with Crippen LogP contribution in [0.3, 0.4) is 0 Å². The van der Waals surface area contributed by atoms with E-state index >= 15 is 0 Å². The first kappa shape index (κ1) is 17.0. The number of rotatable bonds is 4. The SMILES string of the molecule is Cc1ccc(NC(=O)CN2CCc3sccc3C2c2ccccc2)cc1. The number of hydrogen-bond donors (Lipinski definition) is 1. The number of thiophene rings is 1. The Morgan fingerprint density at radius 1 is 1.12 bits per heavy atom. The van der Waals surface area contributed by atoms with Gasteiger partial charge in [-0.15, -0.1) is 11.3 Å². The minimum atomic E-state index is 0.0356. The Morgan fingerprint density at radius 2 is 1.88 bits per heavy atom. The molecule has 0 spiro atoms. The summed E-state index contributed by atoms with van der Waals surface area (Å²) in [7, 11) is 0. The number of carbonyl (C=O) groups excluding carboxylic acids is 1. The Labute approximate surface area is 158 Å². The van der Waals surface area contributed by atoms with Crippen molar-refractivity contribution in [1.29, 1.82) is 0 Å². The van der Waals surface area contributed by atoms with Gasteiger partial charge in [-0.1, -0.05) is 48.0 Å². The minimum absolute atomic E-state index is 0.0356. The van der Waals surface area contributed by atoms with Gasteiger partial charge in [-0.3, -0.25) is 9.69 Å². The van der Waals surface area contributed by atoms with Gasteiger partial charge in [0.2, 0.25) is 5.91 Å². The van der Waals surface area contributed by atoms with E-state index < -0.39 is 0 Å². The summed E-state index contributed by atoms with van der Waals surface area (Å²) in [6.07, 6.45) is 1.01. The zero-order valence-corrected chi connectivity index (χ0v) is 15.6. The summed E-state index contributed by atoms with van der Waals surface area (Å²) < 4.78 is 0. The highest BCUT2D eigenvalue weighted by Crippen LogP contribution is 2.37. The molecule has 0 aliphatic carbocycles. The molecular weight excluding hydrogens is 340 g/mol. The number of hydrogen-bond acceptors (Lipinski definition) is 3. The van der Waals surface area contributed by atoms with Crippen molar-refractivity contribution in [1.82, 2.24) is 4.90 Å². The van der Waals surface area contributed by atoms with Crippen molar-refractivity contribution in [3.05, 3.63) is 87.6 Å². The quantitative estimate of drug-likeness (QED) is 0.733. The molecule has 0 radical (unpaired) electrons. The molecule has 2 aromatic carbocycles. The van der Waals surface area contributed by atoms with E-state index in [1.54, 1.807) is 0 Å². The van der Waals surface area contributed by atoms with E-state index in [1.165, 1.54) is 21.6 Å². The fourth-order valence-corrected chi connectivity index (χ4v) is 4.49. The second kappa shape index (κ2) is 7.44. The molecule has 3 aromatic rings. The van der Waals surface area contributed by atoms with Crippen LogP contribution in [0.15, 0.2) is 66.0 Å². The molecule has 1 unspecified atom stereocenters. The Morgan fingerprint density at radius 3 is 2.65 bits per heavy atom. The van der Waals surface area contributed by atoms with Crippen molar-refractivity contribution < 1.29 is 4.79 Å². The molecule has 4 rings (SSSR count). The first-order chi connectivity index (χ1) is 12.7. The average Bonchev–Trinajstić information content (AvgIpc) is 3.13. The van der Waals surface area contributed by atoms with Crippen LogP contribution < -0.4 is 5.32 Å². The number of anilines is 1. The predicted molar refractivity (Wildman–Crippen MR) is 108 cm³/mol. The van der Waals surface area contributed by atoms with Gasteiger partial charge >= 0.3 is 0 Å². The molecular formula is C22H22N2OS. The minimum Gasteiger partial charge on any atom is -0.325 e. The molecule has 1 aliphatic rings. The average molecular weight is 362 g/mol.